The van der Waals surface area contributed by atoms with Gasteiger partial charge in [0.1, 0.15) is 0 Å². The molecule has 2 N–H and O–H groups in total. The summed E-state index contributed by atoms with van der Waals surface area (Å²) < 4.78 is 5.32. The molecule has 0 spiro atoms. The molecule has 0 radical (unpaired) electrons. The summed E-state index contributed by atoms with van der Waals surface area (Å²) in [4.78, 5) is 40.7. The van der Waals surface area contributed by atoms with E-state index in [0.29, 0.717) is 23.4 Å². The van der Waals surface area contributed by atoms with Gasteiger partial charge in [-0.3, -0.25) is 15.0 Å². The van der Waals surface area contributed by atoms with Crippen molar-refractivity contribution >= 4 is 23.4 Å². The second-order valence-corrected chi connectivity index (χ2v) is 9.05. The quantitative estimate of drug-likeness (QED) is 0.346. The minimum atomic E-state index is -0.773. The maximum Gasteiger partial charge on any atom is 0.338 e. The standard InChI is InChI=1S/C26H31N5O5/c1-4-36-25(32)23-21(27-26(33)28-24(23)19-6-8-20(9-7-19)31(34)35)16-29-11-13-30(14-12-29)22-10-5-17(2)15-18(22)3/h5-10,15,24H,4,11-14,16H2,1-3H3,(H2,27,28,33)/t24-/m0/s1. The Bertz CT molecular complexity index is 1190. The van der Waals surface area contributed by atoms with E-state index < -0.39 is 23.0 Å². The molecular weight excluding hydrogens is 462 g/mol. The van der Waals surface area contributed by atoms with Crippen LogP contribution in [0.3, 0.4) is 0 Å². The van der Waals surface area contributed by atoms with Crippen LogP contribution in [0.2, 0.25) is 0 Å². The molecule has 0 aromatic heterocycles. The number of nitrogens with one attached hydrogen (secondary N) is 2. The highest BCUT2D eigenvalue weighted by atomic mass is 16.6. The largest absolute Gasteiger partial charge is 0.463 e. The van der Waals surface area contributed by atoms with E-state index in [1.807, 2.05) is 0 Å². The predicted octanol–water partition coefficient (Wildman–Crippen LogP) is 3.20. The summed E-state index contributed by atoms with van der Waals surface area (Å²) in [6.45, 7) is 9.66. The number of amides is 2. The molecular formula is C26H31N5O5. The van der Waals surface area contributed by atoms with Gasteiger partial charge in [-0.2, -0.15) is 0 Å². The summed E-state index contributed by atoms with van der Waals surface area (Å²) in [6.07, 6.45) is 0. The zero-order chi connectivity index (χ0) is 25.8. The van der Waals surface area contributed by atoms with Crippen LogP contribution in [0.1, 0.15) is 29.7 Å². The van der Waals surface area contributed by atoms with Crippen molar-refractivity contribution in [3.05, 3.63) is 80.5 Å². The molecule has 2 aliphatic heterocycles. The topological polar surface area (TPSA) is 117 Å². The number of esters is 1. The molecule has 2 amide bonds. The lowest BCUT2D eigenvalue weighted by Crippen LogP contribution is -2.52. The summed E-state index contributed by atoms with van der Waals surface area (Å²) in [6, 6.07) is 11.1. The summed E-state index contributed by atoms with van der Waals surface area (Å²) in [5, 5.41) is 16.6. The van der Waals surface area contributed by atoms with Gasteiger partial charge >= 0.3 is 12.0 Å². The molecule has 1 fully saturated rings. The zero-order valence-corrected chi connectivity index (χ0v) is 20.7. The zero-order valence-electron chi connectivity index (χ0n) is 20.7. The van der Waals surface area contributed by atoms with Gasteiger partial charge in [-0.05, 0) is 50.1 Å². The van der Waals surface area contributed by atoms with Crippen LogP contribution in [0.5, 0.6) is 0 Å². The van der Waals surface area contributed by atoms with Crippen molar-refractivity contribution < 1.29 is 19.2 Å². The van der Waals surface area contributed by atoms with Gasteiger partial charge in [0.05, 0.1) is 23.1 Å². The number of ether oxygens (including phenoxy) is 1. The molecule has 2 aromatic carbocycles. The predicted molar refractivity (Wildman–Crippen MR) is 136 cm³/mol. The summed E-state index contributed by atoms with van der Waals surface area (Å²) in [5.74, 6) is -0.530. The Balaban J connectivity index is 1.56. The van der Waals surface area contributed by atoms with Crippen LogP contribution >= 0.6 is 0 Å². The van der Waals surface area contributed by atoms with Crippen molar-refractivity contribution in [2.45, 2.75) is 26.8 Å². The van der Waals surface area contributed by atoms with Crippen molar-refractivity contribution in [3.63, 3.8) is 0 Å². The van der Waals surface area contributed by atoms with E-state index in [1.54, 1.807) is 19.1 Å². The van der Waals surface area contributed by atoms with Crippen LogP contribution < -0.4 is 15.5 Å². The number of nitro groups is 1. The molecule has 10 nitrogen and oxygen atoms in total. The number of nitro benzene ring substituents is 1. The maximum atomic E-state index is 13.0. The van der Waals surface area contributed by atoms with Gasteiger partial charge in [-0.1, -0.05) is 17.7 Å². The van der Waals surface area contributed by atoms with Crippen molar-refractivity contribution in [1.29, 1.82) is 0 Å². The Hall–Kier alpha value is -3.92. The third kappa shape index (κ3) is 5.49. The van der Waals surface area contributed by atoms with Crippen LogP contribution in [-0.4, -0.2) is 61.2 Å². The fourth-order valence-electron chi connectivity index (χ4n) is 4.76. The molecule has 2 heterocycles. The number of carbonyl (C=O) groups excluding carboxylic acids is 2. The van der Waals surface area contributed by atoms with E-state index in [4.69, 9.17) is 4.74 Å². The highest BCUT2D eigenvalue weighted by Crippen LogP contribution is 2.30. The van der Waals surface area contributed by atoms with E-state index >= 15 is 0 Å². The fourth-order valence-corrected chi connectivity index (χ4v) is 4.76. The number of benzene rings is 2. The molecule has 10 heteroatoms. The number of nitrogens with zero attached hydrogens (tertiary/aromatic N) is 3. The monoisotopic (exact) mass is 493 g/mol. The van der Waals surface area contributed by atoms with Gasteiger partial charge in [0, 0.05) is 56.2 Å². The minimum Gasteiger partial charge on any atom is -0.463 e. The first-order valence-electron chi connectivity index (χ1n) is 12.0. The van der Waals surface area contributed by atoms with Crippen LogP contribution in [0.15, 0.2) is 53.7 Å². The van der Waals surface area contributed by atoms with E-state index in [9.17, 15) is 19.7 Å². The number of carbonyl (C=O) groups is 2. The second kappa shape index (κ2) is 10.8. The van der Waals surface area contributed by atoms with Crippen LogP contribution in [0.4, 0.5) is 16.2 Å². The first kappa shape index (κ1) is 25.2. The smallest absolute Gasteiger partial charge is 0.338 e. The fraction of sp³-hybridized carbons (Fsp3) is 0.385. The number of urea groups is 1. The average molecular weight is 494 g/mol. The Morgan fingerprint density at radius 3 is 2.42 bits per heavy atom. The van der Waals surface area contributed by atoms with Crippen LogP contribution in [0, 0.1) is 24.0 Å². The number of rotatable bonds is 7. The number of hydrogen-bond acceptors (Lipinski definition) is 7. The molecule has 36 heavy (non-hydrogen) atoms. The molecule has 1 saturated heterocycles. The number of non-ortho nitro benzene ring substituents is 1. The maximum absolute atomic E-state index is 13.0. The van der Waals surface area contributed by atoms with Crippen molar-refractivity contribution in [1.82, 2.24) is 15.5 Å². The van der Waals surface area contributed by atoms with Crippen molar-refractivity contribution in [3.8, 4) is 0 Å². The van der Waals surface area contributed by atoms with Crippen molar-refractivity contribution in [2.24, 2.45) is 0 Å². The molecule has 0 bridgehead atoms. The Kier molecular flexibility index (Phi) is 7.54. The molecule has 0 aliphatic carbocycles. The number of anilines is 1. The highest BCUT2D eigenvalue weighted by Gasteiger charge is 2.35. The lowest BCUT2D eigenvalue weighted by Gasteiger charge is -2.38. The SMILES string of the molecule is CCOC(=O)C1=C(CN2CCN(c3ccc(C)cc3C)CC2)NC(=O)N[C@H]1c1ccc([N+](=O)[O-])cc1. The van der Waals surface area contributed by atoms with Gasteiger partial charge in [-0.25, -0.2) is 9.59 Å². The van der Waals surface area contributed by atoms with E-state index in [0.717, 1.165) is 26.2 Å². The highest BCUT2D eigenvalue weighted by molar-refractivity contribution is 5.95. The van der Waals surface area contributed by atoms with Gasteiger partial charge < -0.3 is 20.3 Å². The number of hydrogen-bond donors (Lipinski definition) is 2. The first-order valence-corrected chi connectivity index (χ1v) is 12.0. The summed E-state index contributed by atoms with van der Waals surface area (Å²) >= 11 is 0. The molecule has 1 atom stereocenters. The summed E-state index contributed by atoms with van der Waals surface area (Å²) in [7, 11) is 0. The lowest BCUT2D eigenvalue weighted by atomic mass is 9.94. The molecule has 0 unspecified atom stereocenters. The minimum absolute atomic E-state index is 0.0671. The van der Waals surface area contributed by atoms with E-state index in [2.05, 4.69) is 52.5 Å². The molecule has 190 valence electrons. The van der Waals surface area contributed by atoms with Gasteiger partial charge in [0.15, 0.2) is 0 Å². The Morgan fingerprint density at radius 2 is 1.81 bits per heavy atom. The third-order valence-corrected chi connectivity index (χ3v) is 6.53. The van der Waals surface area contributed by atoms with Gasteiger partial charge in [0.25, 0.3) is 5.69 Å². The molecule has 2 aromatic rings. The van der Waals surface area contributed by atoms with Crippen molar-refractivity contribution in [2.75, 3.05) is 44.2 Å². The van der Waals surface area contributed by atoms with Gasteiger partial charge in [-0.15, -0.1) is 0 Å². The van der Waals surface area contributed by atoms with Crippen LogP contribution in [0.25, 0.3) is 0 Å². The number of aryl methyl sites for hydroxylation is 2. The normalized spacial score (nSPS) is 18.5. The second-order valence-electron chi connectivity index (χ2n) is 9.05. The lowest BCUT2D eigenvalue weighted by molar-refractivity contribution is -0.384. The Labute approximate surface area is 210 Å². The van der Waals surface area contributed by atoms with Gasteiger partial charge in [0.2, 0.25) is 0 Å². The van der Waals surface area contributed by atoms with E-state index in [1.165, 1.54) is 28.9 Å². The molecule has 4 rings (SSSR count). The molecule has 2 aliphatic rings. The average Bonchev–Trinajstić information content (AvgIpc) is 2.84. The van der Waals surface area contributed by atoms with E-state index in [-0.39, 0.29) is 12.3 Å². The number of piperazine rings is 1. The Morgan fingerprint density at radius 1 is 1.11 bits per heavy atom. The summed E-state index contributed by atoms with van der Waals surface area (Å²) in [5.41, 5.74) is 4.99. The third-order valence-electron chi connectivity index (χ3n) is 6.53. The first-order chi connectivity index (χ1) is 17.3. The van der Waals surface area contributed by atoms with Crippen LogP contribution in [-0.2, 0) is 9.53 Å². The molecule has 0 saturated carbocycles.